The number of fused-ring (bicyclic) bond motifs is 6. The quantitative estimate of drug-likeness (QED) is 0.0175. The minimum Gasteiger partial charge on any atom is -0.489 e. The number of aromatic nitrogens is 2. The van der Waals surface area contributed by atoms with Crippen molar-refractivity contribution in [2.24, 2.45) is 28.8 Å². The van der Waals surface area contributed by atoms with Crippen molar-refractivity contribution in [2.45, 2.75) is 86.3 Å². The largest absolute Gasteiger partial charge is 0.489 e. The molecule has 0 unspecified atom stereocenters. The number of rotatable bonds is 21. The zero-order chi connectivity index (χ0) is 65.9. The van der Waals surface area contributed by atoms with Gasteiger partial charge in [0.2, 0.25) is 11.8 Å². The molecular formula is C73H65N7O14. The lowest BCUT2D eigenvalue weighted by Gasteiger charge is -2.45. The monoisotopic (exact) mass is 1260 g/mol. The first-order valence-corrected chi connectivity index (χ1v) is 30.8. The summed E-state index contributed by atoms with van der Waals surface area (Å²) < 4.78 is 41.4. The van der Waals surface area contributed by atoms with Gasteiger partial charge in [-0.1, -0.05) is 81.4 Å². The molecule has 6 aliphatic heterocycles. The van der Waals surface area contributed by atoms with Gasteiger partial charge in [-0.25, -0.2) is 19.6 Å². The molecule has 6 heterocycles. The van der Waals surface area contributed by atoms with E-state index in [1.807, 2.05) is 114 Å². The van der Waals surface area contributed by atoms with Crippen LogP contribution in [0.1, 0.15) is 68.4 Å². The molecule has 0 spiro atoms. The van der Waals surface area contributed by atoms with E-state index in [0.29, 0.717) is 105 Å². The molecule has 8 aliphatic rings. The maximum atomic E-state index is 13.4. The van der Waals surface area contributed by atoms with Gasteiger partial charge in [0.05, 0.1) is 23.9 Å². The molecule has 5 aromatic carbocycles. The Hall–Kier alpha value is -11.3. The van der Waals surface area contributed by atoms with Crippen molar-refractivity contribution in [3.05, 3.63) is 239 Å². The molecule has 0 bridgehead atoms. The SMILES string of the molecule is Cc1cc(COc2ccc3nc4ccc(=O)cc-4oc3c2)ccc1OC/C=C/C1=C(C(=O)O)N2C(=O)[C@H](C(C)C)[C@H]2C1.Cc1cc(COc2ccc3nc4ccc(=O)cc-4oc3c2)ccc1OC/C=C/C1=C(C(=O)OCc2ccc(N=[N+]=[N-])cc2)N2C(=O)[C@H](C(C)C)[C@H]2C1. The zero-order valence-corrected chi connectivity index (χ0v) is 52.3. The summed E-state index contributed by atoms with van der Waals surface area (Å²) in [7, 11) is 0. The molecule has 0 aromatic heterocycles. The molecule has 21 nitrogen and oxygen atoms in total. The van der Waals surface area contributed by atoms with Crippen molar-refractivity contribution in [3.63, 3.8) is 0 Å². The minimum atomic E-state index is -1.08. The molecule has 1 N–H and O–H groups in total. The summed E-state index contributed by atoms with van der Waals surface area (Å²) in [4.78, 5) is 89.1. The first-order valence-electron chi connectivity index (χ1n) is 30.8. The molecule has 2 aliphatic carbocycles. The van der Waals surface area contributed by atoms with Crippen LogP contribution in [-0.4, -0.2) is 73.9 Å². The molecule has 13 rings (SSSR count). The number of esters is 1. The number of ether oxygens (including phenoxy) is 5. The number of azide groups is 1. The highest BCUT2D eigenvalue weighted by molar-refractivity contribution is 6.01. The Balaban J connectivity index is 0.000000185. The number of allylic oxidation sites excluding steroid dienone is 2. The van der Waals surface area contributed by atoms with Gasteiger partial charge >= 0.3 is 11.9 Å². The normalized spacial score (nSPS) is 17.4. The van der Waals surface area contributed by atoms with Crippen LogP contribution in [0.3, 0.4) is 0 Å². The lowest BCUT2D eigenvalue weighted by atomic mass is 9.79. The van der Waals surface area contributed by atoms with Gasteiger partial charge in [0.15, 0.2) is 33.5 Å². The highest BCUT2D eigenvalue weighted by atomic mass is 16.5. The maximum absolute atomic E-state index is 13.4. The Morgan fingerprint density at radius 3 is 1.52 bits per heavy atom. The number of aliphatic carboxylic acids is 1. The fraction of sp³-hybridized carbons (Fsp3) is 0.260. The second-order valence-corrected chi connectivity index (χ2v) is 24.1. The number of carboxylic acids is 1. The van der Waals surface area contributed by atoms with Crippen molar-refractivity contribution in [3.8, 4) is 45.9 Å². The second kappa shape index (κ2) is 26.9. The fourth-order valence-electron chi connectivity index (χ4n) is 12.5. The summed E-state index contributed by atoms with van der Waals surface area (Å²) in [5.41, 5.74) is 18.6. The average Bonchev–Trinajstić information content (AvgIpc) is 1.57. The van der Waals surface area contributed by atoms with Crippen molar-refractivity contribution >= 4 is 51.6 Å². The van der Waals surface area contributed by atoms with Gasteiger partial charge in [-0.15, -0.1) is 0 Å². The van der Waals surface area contributed by atoms with E-state index >= 15 is 0 Å². The Labute approximate surface area is 539 Å². The summed E-state index contributed by atoms with van der Waals surface area (Å²) in [6.07, 6.45) is 8.34. The number of hydrogen-bond donors (Lipinski definition) is 1. The summed E-state index contributed by atoms with van der Waals surface area (Å²) >= 11 is 0. The fourth-order valence-corrected chi connectivity index (χ4v) is 12.5. The van der Waals surface area contributed by atoms with Gasteiger partial charge in [0.1, 0.15) is 89.8 Å². The number of carboxylic acid groups (broad SMARTS) is 1. The van der Waals surface area contributed by atoms with Crippen molar-refractivity contribution in [1.29, 1.82) is 0 Å². The second-order valence-electron chi connectivity index (χ2n) is 24.1. The van der Waals surface area contributed by atoms with Crippen LogP contribution in [0.4, 0.5) is 5.69 Å². The van der Waals surface area contributed by atoms with E-state index in [9.17, 15) is 33.9 Å². The highest BCUT2D eigenvalue weighted by Gasteiger charge is 2.56. The average molecular weight is 1260 g/mol. The molecule has 476 valence electrons. The summed E-state index contributed by atoms with van der Waals surface area (Å²) in [5.74, 6) is 1.72. The van der Waals surface area contributed by atoms with E-state index in [1.54, 1.807) is 65.6 Å². The van der Waals surface area contributed by atoms with E-state index in [-0.39, 0.29) is 89.6 Å². The van der Waals surface area contributed by atoms with Crippen LogP contribution in [0.25, 0.3) is 55.6 Å². The molecule has 2 amide bonds. The Kier molecular flexibility index (Phi) is 18.0. The number of carbonyl (C=O) groups is 4. The third kappa shape index (κ3) is 13.2. The smallest absolute Gasteiger partial charge is 0.355 e. The lowest BCUT2D eigenvalue weighted by Crippen LogP contribution is -2.60. The Morgan fingerprint density at radius 1 is 0.596 bits per heavy atom. The van der Waals surface area contributed by atoms with Gasteiger partial charge in [0, 0.05) is 34.9 Å². The molecule has 94 heavy (non-hydrogen) atoms. The first-order chi connectivity index (χ1) is 45.4. The number of carbonyl (C=O) groups excluding carboxylic acids is 3. The van der Waals surface area contributed by atoms with E-state index < -0.39 is 11.9 Å². The maximum Gasteiger partial charge on any atom is 0.355 e. The molecule has 2 fully saturated rings. The molecule has 4 atom stereocenters. The first kappa shape index (κ1) is 62.9. The summed E-state index contributed by atoms with van der Waals surface area (Å²) in [6, 6.07) is 38.0. The van der Waals surface area contributed by atoms with Crippen LogP contribution >= 0.6 is 0 Å². The van der Waals surface area contributed by atoms with Crippen LogP contribution < -0.4 is 29.8 Å². The lowest BCUT2D eigenvalue weighted by molar-refractivity contribution is -0.159. The van der Waals surface area contributed by atoms with E-state index in [0.717, 1.165) is 33.4 Å². The van der Waals surface area contributed by atoms with Crippen molar-refractivity contribution < 1.29 is 56.8 Å². The third-order valence-electron chi connectivity index (χ3n) is 17.0. The number of β-lactam (4-membered cyclic amide) rings is 2. The van der Waals surface area contributed by atoms with Gasteiger partial charge in [-0.2, -0.15) is 0 Å². The van der Waals surface area contributed by atoms with Crippen LogP contribution in [0.2, 0.25) is 0 Å². The number of aryl methyl sites for hydroxylation is 2. The third-order valence-corrected chi connectivity index (χ3v) is 17.0. The van der Waals surface area contributed by atoms with Crippen LogP contribution in [0, 0.1) is 37.5 Å². The van der Waals surface area contributed by atoms with Crippen LogP contribution in [-0.2, 0) is 43.7 Å². The van der Waals surface area contributed by atoms with Crippen molar-refractivity contribution in [2.75, 3.05) is 13.2 Å². The molecular weight excluding hydrogens is 1200 g/mol. The molecule has 21 heteroatoms. The van der Waals surface area contributed by atoms with Crippen molar-refractivity contribution in [1.82, 2.24) is 19.8 Å². The molecule has 2 saturated heterocycles. The number of benzene rings is 7. The van der Waals surface area contributed by atoms with E-state index in [4.69, 9.17) is 38.0 Å². The minimum absolute atomic E-state index is 0.0107. The molecule has 5 aromatic rings. The zero-order valence-electron chi connectivity index (χ0n) is 52.3. The predicted octanol–water partition coefficient (Wildman–Crippen LogP) is 13.3. The van der Waals surface area contributed by atoms with E-state index in [1.165, 1.54) is 29.2 Å². The number of nitrogens with zero attached hydrogens (tertiary/aromatic N) is 7. The van der Waals surface area contributed by atoms with Gasteiger partial charge in [-0.3, -0.25) is 19.2 Å². The summed E-state index contributed by atoms with van der Waals surface area (Å²) in [5, 5.41) is 13.3. The van der Waals surface area contributed by atoms with Gasteiger partial charge in [-0.05, 0) is 168 Å². The van der Waals surface area contributed by atoms with Crippen LogP contribution in [0.5, 0.6) is 23.0 Å². The molecule has 0 saturated carbocycles. The van der Waals surface area contributed by atoms with E-state index in [2.05, 4.69) is 20.0 Å². The summed E-state index contributed by atoms with van der Waals surface area (Å²) in [6.45, 7) is 13.1. The predicted molar refractivity (Wildman–Crippen MR) is 348 cm³/mol. The standard InChI is InChI=1S/C40H35N5O7.C33H30N2O7/c1-23(2)37-33-18-27(38(45(33)39(37)47)40(48)51-21-25-6-9-28(10-7-25)43-44-41)5-4-16-49-34-15-8-26(17-24(34)3)22-50-30-12-14-32-36(20-30)52-35-19-29(46)11-13-31(35)42-32;1-18(2)30-26-14-21(31(33(38)39)35(26)32(30)37)5-4-12-40-27-11-6-20(13-19(27)3)17-41-23-8-10-25-29(16-23)42-28-15-22(36)7-9-24(28)34-25/h4-15,17,19-20,23,33,37H,16,18,21-22H2,1-3H3;4-11,13,15-16,18,26,30H,12,14,17H2,1-3H3,(H,38,39)/b2*5-4+/t33-,37-;26-,30-/m11/s1. The van der Waals surface area contributed by atoms with Gasteiger partial charge < -0.3 is 47.4 Å². The molecule has 0 radical (unpaired) electrons. The number of amides is 2. The van der Waals surface area contributed by atoms with Gasteiger partial charge in [0.25, 0.3) is 0 Å². The Morgan fingerprint density at radius 2 is 1.06 bits per heavy atom. The topological polar surface area (TPSA) is 276 Å². The number of hydrogen-bond acceptors (Lipinski definition) is 16. The highest BCUT2D eigenvalue weighted by Crippen LogP contribution is 2.47. The Bertz CT molecular complexity index is 4710. The van der Waals surface area contributed by atoms with Crippen LogP contribution in [0.15, 0.2) is 204 Å².